The molecule has 9 aromatic rings. The first-order valence-electron chi connectivity index (χ1n) is 16.4. The average molecular weight is 628 g/mol. The van der Waals surface area contributed by atoms with Gasteiger partial charge in [-0.05, 0) is 75.8 Å². The van der Waals surface area contributed by atoms with Gasteiger partial charge in [0.15, 0.2) is 17.5 Å². The predicted molar refractivity (Wildman–Crippen MR) is 200 cm³/mol. The Morgan fingerprint density at radius 3 is 1.29 bits per heavy atom. The van der Waals surface area contributed by atoms with Crippen molar-refractivity contribution >= 4 is 21.9 Å². The maximum Gasteiger partial charge on any atom is 0.164 e. The maximum absolute atomic E-state index is 6.39. The normalized spacial score (nSPS) is 11.3. The lowest BCUT2D eigenvalue weighted by Gasteiger charge is -2.12. The van der Waals surface area contributed by atoms with Crippen LogP contribution in [0.4, 0.5) is 0 Å². The fourth-order valence-electron chi connectivity index (χ4n) is 6.43. The van der Waals surface area contributed by atoms with E-state index in [1.807, 2.05) is 54.6 Å². The van der Waals surface area contributed by atoms with Crippen molar-refractivity contribution in [3.63, 3.8) is 0 Å². The van der Waals surface area contributed by atoms with Crippen molar-refractivity contribution in [3.05, 3.63) is 176 Å². The molecule has 4 heteroatoms. The Labute approximate surface area is 284 Å². The van der Waals surface area contributed by atoms with E-state index in [-0.39, 0.29) is 0 Å². The summed E-state index contributed by atoms with van der Waals surface area (Å²) in [5.74, 6) is 1.81. The van der Waals surface area contributed by atoms with Crippen molar-refractivity contribution in [2.75, 3.05) is 0 Å². The summed E-state index contributed by atoms with van der Waals surface area (Å²) in [5, 5.41) is 2.13. The molecule has 0 amide bonds. The lowest BCUT2D eigenvalue weighted by molar-refractivity contribution is 0.669. The van der Waals surface area contributed by atoms with Crippen molar-refractivity contribution < 1.29 is 4.42 Å². The smallest absolute Gasteiger partial charge is 0.164 e. The molecule has 0 atom stereocenters. The van der Waals surface area contributed by atoms with Gasteiger partial charge in [-0.1, -0.05) is 133 Å². The van der Waals surface area contributed by atoms with E-state index in [0.29, 0.717) is 17.5 Å². The monoisotopic (exact) mass is 627 g/mol. The van der Waals surface area contributed by atoms with E-state index >= 15 is 0 Å². The second-order valence-electron chi connectivity index (χ2n) is 12.1. The molecular weight excluding hydrogens is 599 g/mol. The summed E-state index contributed by atoms with van der Waals surface area (Å²) in [5.41, 5.74) is 11.1. The van der Waals surface area contributed by atoms with Gasteiger partial charge in [-0.3, -0.25) is 0 Å². The standard InChI is InChI=1S/C45H29N3O/c1-5-13-30(14-6-1)34-22-24-41-40(28-34)39-23-21-35(29-42(39)49-41)44-46-43(33-19-11-4-12-20-33)47-45(48-44)38-26-36(31-15-7-2-8-16-31)25-37(27-38)32-17-9-3-10-18-32/h1-29H. The molecule has 0 saturated heterocycles. The third kappa shape index (κ3) is 5.56. The number of furan rings is 1. The molecule has 0 aliphatic rings. The number of benzene rings is 7. The summed E-state index contributed by atoms with van der Waals surface area (Å²) in [4.78, 5) is 15.2. The molecule has 2 aromatic heterocycles. The van der Waals surface area contributed by atoms with Gasteiger partial charge in [0.1, 0.15) is 11.2 Å². The van der Waals surface area contributed by atoms with Crippen molar-refractivity contribution in [2.45, 2.75) is 0 Å². The number of rotatable bonds is 6. The molecule has 0 spiro atoms. The van der Waals surface area contributed by atoms with Gasteiger partial charge >= 0.3 is 0 Å². The molecule has 49 heavy (non-hydrogen) atoms. The first-order valence-corrected chi connectivity index (χ1v) is 16.4. The molecule has 7 aromatic carbocycles. The molecule has 0 bridgehead atoms. The first kappa shape index (κ1) is 28.6. The Kier molecular flexibility index (Phi) is 7.10. The molecule has 0 radical (unpaired) electrons. The highest BCUT2D eigenvalue weighted by Gasteiger charge is 2.17. The predicted octanol–water partition coefficient (Wildman–Crippen LogP) is 11.8. The van der Waals surface area contributed by atoms with Gasteiger partial charge in [0, 0.05) is 27.5 Å². The molecule has 0 saturated carbocycles. The minimum absolute atomic E-state index is 0.586. The molecule has 0 aliphatic heterocycles. The van der Waals surface area contributed by atoms with Crippen LogP contribution in [0.25, 0.3) is 89.5 Å². The number of nitrogens with zero attached hydrogens (tertiary/aromatic N) is 3. The van der Waals surface area contributed by atoms with E-state index in [1.54, 1.807) is 0 Å². The van der Waals surface area contributed by atoms with E-state index in [0.717, 1.165) is 66.4 Å². The summed E-state index contributed by atoms with van der Waals surface area (Å²) >= 11 is 0. The largest absolute Gasteiger partial charge is 0.456 e. The van der Waals surface area contributed by atoms with Gasteiger partial charge < -0.3 is 4.42 Å². The van der Waals surface area contributed by atoms with E-state index in [1.165, 1.54) is 5.56 Å². The van der Waals surface area contributed by atoms with Crippen LogP contribution < -0.4 is 0 Å². The van der Waals surface area contributed by atoms with Gasteiger partial charge in [-0.2, -0.15) is 0 Å². The van der Waals surface area contributed by atoms with Gasteiger partial charge in [-0.15, -0.1) is 0 Å². The molecule has 9 rings (SSSR count). The second kappa shape index (κ2) is 12.2. The lowest BCUT2D eigenvalue weighted by Crippen LogP contribution is -2.00. The second-order valence-corrected chi connectivity index (χ2v) is 12.1. The van der Waals surface area contributed by atoms with Crippen LogP contribution in [-0.4, -0.2) is 15.0 Å². The average Bonchev–Trinajstić information content (AvgIpc) is 3.56. The van der Waals surface area contributed by atoms with Gasteiger partial charge in [0.2, 0.25) is 0 Å². The summed E-state index contributed by atoms with van der Waals surface area (Å²) < 4.78 is 6.39. The summed E-state index contributed by atoms with van der Waals surface area (Å²) in [6.45, 7) is 0. The molecule has 0 fully saturated rings. The third-order valence-corrected chi connectivity index (χ3v) is 8.91. The fourth-order valence-corrected chi connectivity index (χ4v) is 6.43. The van der Waals surface area contributed by atoms with Crippen molar-refractivity contribution in [1.82, 2.24) is 15.0 Å². The molecule has 230 valence electrons. The molecule has 0 N–H and O–H groups in total. The van der Waals surface area contributed by atoms with Gasteiger partial charge in [-0.25, -0.2) is 15.0 Å². The highest BCUT2D eigenvalue weighted by molar-refractivity contribution is 6.07. The molecule has 2 heterocycles. The fraction of sp³-hybridized carbons (Fsp3) is 0. The number of aromatic nitrogens is 3. The van der Waals surface area contributed by atoms with Crippen molar-refractivity contribution in [1.29, 1.82) is 0 Å². The molecular formula is C45H29N3O. The van der Waals surface area contributed by atoms with Crippen LogP contribution in [-0.2, 0) is 0 Å². The zero-order chi connectivity index (χ0) is 32.6. The number of fused-ring (bicyclic) bond motifs is 3. The topological polar surface area (TPSA) is 51.8 Å². The van der Waals surface area contributed by atoms with Gasteiger partial charge in [0.25, 0.3) is 0 Å². The van der Waals surface area contributed by atoms with Crippen LogP contribution in [0.3, 0.4) is 0 Å². The Morgan fingerprint density at radius 2 is 0.714 bits per heavy atom. The Morgan fingerprint density at radius 1 is 0.265 bits per heavy atom. The van der Waals surface area contributed by atoms with Crippen LogP contribution in [0, 0.1) is 0 Å². The lowest BCUT2D eigenvalue weighted by atomic mass is 9.96. The van der Waals surface area contributed by atoms with Crippen LogP contribution in [0.2, 0.25) is 0 Å². The quantitative estimate of drug-likeness (QED) is 0.184. The summed E-state index contributed by atoms with van der Waals surface area (Å²) in [7, 11) is 0. The van der Waals surface area contributed by atoms with E-state index < -0.39 is 0 Å². The molecule has 0 unspecified atom stereocenters. The van der Waals surface area contributed by atoms with Crippen LogP contribution in [0.1, 0.15) is 0 Å². The SMILES string of the molecule is c1ccc(-c2cc(-c3ccccc3)cc(-c3nc(-c4ccccc4)nc(-c4ccc5c(c4)oc4ccc(-c6ccccc6)cc45)n3)c2)cc1. The zero-order valence-corrected chi connectivity index (χ0v) is 26.5. The van der Waals surface area contributed by atoms with Gasteiger partial charge in [0.05, 0.1) is 0 Å². The Hall–Kier alpha value is -6.65. The van der Waals surface area contributed by atoms with Crippen molar-refractivity contribution in [2.24, 2.45) is 0 Å². The Bertz CT molecular complexity index is 2520. The highest BCUT2D eigenvalue weighted by Crippen LogP contribution is 2.36. The third-order valence-electron chi connectivity index (χ3n) is 8.91. The minimum atomic E-state index is 0.586. The zero-order valence-electron chi connectivity index (χ0n) is 26.5. The Balaban J connectivity index is 1.21. The van der Waals surface area contributed by atoms with E-state index in [2.05, 4.69) is 121 Å². The van der Waals surface area contributed by atoms with Crippen LogP contribution in [0.5, 0.6) is 0 Å². The number of hydrogen-bond acceptors (Lipinski definition) is 4. The van der Waals surface area contributed by atoms with E-state index in [4.69, 9.17) is 19.4 Å². The van der Waals surface area contributed by atoms with Crippen molar-refractivity contribution in [3.8, 4) is 67.5 Å². The minimum Gasteiger partial charge on any atom is -0.456 e. The summed E-state index contributed by atoms with van der Waals surface area (Å²) in [6, 6.07) is 60.5. The maximum atomic E-state index is 6.39. The first-order chi connectivity index (χ1) is 24.2. The molecule has 4 nitrogen and oxygen atoms in total. The van der Waals surface area contributed by atoms with Crippen LogP contribution >= 0.6 is 0 Å². The molecule has 0 aliphatic carbocycles. The summed E-state index contributed by atoms with van der Waals surface area (Å²) in [6.07, 6.45) is 0. The van der Waals surface area contributed by atoms with Crippen LogP contribution in [0.15, 0.2) is 180 Å². The van der Waals surface area contributed by atoms with E-state index in [9.17, 15) is 0 Å². The number of hydrogen-bond donors (Lipinski definition) is 0. The highest BCUT2D eigenvalue weighted by atomic mass is 16.3.